The molecule has 1 amide bonds. The Bertz CT molecular complexity index is 1330. The average molecular weight is 498 g/mol. The van der Waals surface area contributed by atoms with E-state index in [0.717, 1.165) is 39.5 Å². The van der Waals surface area contributed by atoms with Crippen molar-refractivity contribution >= 4 is 23.0 Å². The number of aromatic amines is 1. The van der Waals surface area contributed by atoms with Crippen molar-refractivity contribution in [1.29, 1.82) is 0 Å². The second-order valence-corrected chi connectivity index (χ2v) is 10.6. The smallest absolute Gasteiger partial charge is 0.229 e. The van der Waals surface area contributed by atoms with E-state index in [4.69, 9.17) is 4.98 Å². The molecule has 0 fully saturated rings. The maximum absolute atomic E-state index is 12.6. The predicted molar refractivity (Wildman–Crippen MR) is 153 cm³/mol. The molecule has 3 aromatic carbocycles. The Morgan fingerprint density at radius 3 is 1.84 bits per heavy atom. The molecule has 0 bridgehead atoms. The second kappa shape index (κ2) is 10.0. The number of hydrogen-bond donors (Lipinski definition) is 3. The molecule has 0 atom stereocenters. The third kappa shape index (κ3) is 5.61. The summed E-state index contributed by atoms with van der Waals surface area (Å²) in [6.45, 7) is 5.49. The van der Waals surface area contributed by atoms with E-state index in [2.05, 4.69) is 68.6 Å². The number of carbonyl (C=O) groups is 1. The van der Waals surface area contributed by atoms with Crippen molar-refractivity contribution < 1.29 is 9.90 Å². The van der Waals surface area contributed by atoms with Crippen LogP contribution in [0.3, 0.4) is 0 Å². The fraction of sp³-hybridized carbons (Fsp3) is 0.267. The lowest BCUT2D eigenvalue weighted by Crippen LogP contribution is -2.27. The Hall–Kier alpha value is -4.26. The van der Waals surface area contributed by atoms with Crippen LogP contribution < -0.4 is 15.1 Å². The van der Waals surface area contributed by atoms with Crippen LogP contribution in [-0.2, 0) is 4.79 Å². The van der Waals surface area contributed by atoms with E-state index in [1.165, 1.54) is 0 Å². The highest BCUT2D eigenvalue weighted by molar-refractivity contribution is 5.96. The number of nitrogens with zero attached hydrogens (tertiary/aromatic N) is 3. The van der Waals surface area contributed by atoms with Gasteiger partial charge in [-0.15, -0.1) is 0 Å². The van der Waals surface area contributed by atoms with Crippen molar-refractivity contribution in [3.8, 4) is 39.7 Å². The molecule has 1 heterocycles. The standard InChI is InChI=1S/C30H35N5O2/c1-30(2,3)29(37)31-24-18-21(12-17-25(24)36)28-32-26(19-8-13-22(14-9-19)34(4)5)27(33-28)20-10-15-23(16-11-20)35(6)7/h8-18,36H,1-7H3,(H,31,37)(H,32,33). The third-order valence-electron chi connectivity index (χ3n) is 6.23. The number of rotatable bonds is 6. The minimum Gasteiger partial charge on any atom is -0.506 e. The van der Waals surface area contributed by atoms with Crippen molar-refractivity contribution in [2.45, 2.75) is 20.8 Å². The summed E-state index contributed by atoms with van der Waals surface area (Å²) in [5.74, 6) is 0.472. The fourth-order valence-electron chi connectivity index (χ4n) is 3.86. The van der Waals surface area contributed by atoms with Crippen LogP contribution in [0.1, 0.15) is 20.8 Å². The van der Waals surface area contributed by atoms with E-state index in [0.29, 0.717) is 11.5 Å². The number of carbonyl (C=O) groups excluding carboxylic acids is 1. The number of H-pyrrole nitrogens is 1. The molecule has 1 aromatic heterocycles. The normalized spacial score (nSPS) is 11.3. The number of benzene rings is 3. The molecule has 7 heteroatoms. The van der Waals surface area contributed by atoms with Gasteiger partial charge in [-0.1, -0.05) is 45.0 Å². The van der Waals surface area contributed by atoms with Crippen LogP contribution >= 0.6 is 0 Å². The SMILES string of the molecule is CN(C)c1ccc(-c2nc(-c3ccc(O)c(NC(=O)C(C)(C)C)c3)[nH]c2-c2ccc(N(C)C)cc2)cc1. The summed E-state index contributed by atoms with van der Waals surface area (Å²) in [6.07, 6.45) is 0. The molecule has 0 saturated heterocycles. The van der Waals surface area contributed by atoms with Gasteiger partial charge in [-0.2, -0.15) is 0 Å². The number of amides is 1. The molecule has 0 unspecified atom stereocenters. The van der Waals surface area contributed by atoms with Gasteiger partial charge in [0.2, 0.25) is 5.91 Å². The molecule has 0 radical (unpaired) electrons. The Morgan fingerprint density at radius 1 is 0.811 bits per heavy atom. The zero-order valence-corrected chi connectivity index (χ0v) is 22.5. The first kappa shape index (κ1) is 25.8. The van der Waals surface area contributed by atoms with Crippen LogP contribution in [0.5, 0.6) is 5.75 Å². The highest BCUT2D eigenvalue weighted by Gasteiger charge is 2.23. The van der Waals surface area contributed by atoms with Gasteiger partial charge in [-0.05, 0) is 42.5 Å². The lowest BCUT2D eigenvalue weighted by Gasteiger charge is -2.18. The molecular weight excluding hydrogens is 462 g/mol. The van der Waals surface area contributed by atoms with Crippen LogP contribution in [-0.4, -0.2) is 49.2 Å². The molecule has 0 aliphatic carbocycles. The summed E-state index contributed by atoms with van der Waals surface area (Å²) >= 11 is 0. The first-order valence-corrected chi connectivity index (χ1v) is 12.2. The van der Waals surface area contributed by atoms with Gasteiger partial charge in [0.15, 0.2) is 0 Å². The van der Waals surface area contributed by atoms with Crippen molar-refractivity contribution in [3.63, 3.8) is 0 Å². The summed E-state index contributed by atoms with van der Waals surface area (Å²) in [7, 11) is 8.06. The van der Waals surface area contributed by atoms with Crippen molar-refractivity contribution in [3.05, 3.63) is 66.7 Å². The van der Waals surface area contributed by atoms with Gasteiger partial charge in [0, 0.05) is 61.7 Å². The largest absolute Gasteiger partial charge is 0.506 e. The maximum atomic E-state index is 12.6. The van der Waals surface area contributed by atoms with Crippen LogP contribution in [0, 0.1) is 5.41 Å². The molecule has 4 rings (SSSR count). The van der Waals surface area contributed by atoms with Crippen molar-refractivity contribution in [2.75, 3.05) is 43.3 Å². The average Bonchev–Trinajstić information content (AvgIpc) is 3.30. The molecule has 0 spiro atoms. The molecular formula is C30H35N5O2. The van der Waals surface area contributed by atoms with Crippen LogP contribution in [0.25, 0.3) is 33.9 Å². The van der Waals surface area contributed by atoms with Gasteiger partial charge in [-0.25, -0.2) is 4.98 Å². The van der Waals surface area contributed by atoms with E-state index >= 15 is 0 Å². The number of phenols is 1. The van der Waals surface area contributed by atoms with E-state index in [-0.39, 0.29) is 11.7 Å². The molecule has 192 valence electrons. The van der Waals surface area contributed by atoms with E-state index < -0.39 is 5.41 Å². The number of phenolic OH excluding ortho intramolecular Hbond substituents is 1. The molecule has 4 aromatic rings. The number of aromatic hydroxyl groups is 1. The van der Waals surface area contributed by atoms with Gasteiger partial charge in [0.1, 0.15) is 11.6 Å². The summed E-state index contributed by atoms with van der Waals surface area (Å²) in [4.78, 5) is 25.2. The quantitative estimate of drug-likeness (QED) is 0.275. The summed E-state index contributed by atoms with van der Waals surface area (Å²) in [5, 5.41) is 13.2. The zero-order valence-electron chi connectivity index (χ0n) is 22.5. The van der Waals surface area contributed by atoms with E-state index in [9.17, 15) is 9.90 Å². The molecule has 0 aliphatic heterocycles. The minimum atomic E-state index is -0.592. The van der Waals surface area contributed by atoms with Crippen LogP contribution in [0.2, 0.25) is 0 Å². The Morgan fingerprint density at radius 2 is 1.32 bits per heavy atom. The number of nitrogens with one attached hydrogen (secondary N) is 2. The van der Waals surface area contributed by atoms with Crippen molar-refractivity contribution in [2.24, 2.45) is 5.41 Å². The minimum absolute atomic E-state index is 0.00639. The predicted octanol–water partition coefficient (Wildman–Crippen LogP) is 6.23. The first-order valence-electron chi connectivity index (χ1n) is 12.2. The fourth-order valence-corrected chi connectivity index (χ4v) is 3.86. The third-order valence-corrected chi connectivity index (χ3v) is 6.23. The lowest BCUT2D eigenvalue weighted by molar-refractivity contribution is -0.123. The first-order chi connectivity index (χ1) is 17.4. The summed E-state index contributed by atoms with van der Waals surface area (Å²) in [6, 6.07) is 21.7. The Kier molecular flexibility index (Phi) is 6.99. The highest BCUT2D eigenvalue weighted by atomic mass is 16.3. The monoisotopic (exact) mass is 497 g/mol. The van der Waals surface area contributed by atoms with Gasteiger partial charge in [-0.3, -0.25) is 4.79 Å². The van der Waals surface area contributed by atoms with Gasteiger partial charge in [0.25, 0.3) is 0 Å². The van der Waals surface area contributed by atoms with Crippen molar-refractivity contribution in [1.82, 2.24) is 9.97 Å². The molecule has 7 nitrogen and oxygen atoms in total. The molecule has 0 saturated carbocycles. The summed E-state index contributed by atoms with van der Waals surface area (Å²) in [5.41, 5.74) is 6.44. The zero-order chi connectivity index (χ0) is 26.9. The molecule has 0 aliphatic rings. The number of hydrogen-bond acceptors (Lipinski definition) is 5. The Labute approximate surface area is 218 Å². The number of anilines is 3. The van der Waals surface area contributed by atoms with E-state index in [1.54, 1.807) is 18.2 Å². The second-order valence-electron chi connectivity index (χ2n) is 10.6. The highest BCUT2D eigenvalue weighted by Crippen LogP contribution is 2.36. The molecule has 3 N–H and O–H groups in total. The topological polar surface area (TPSA) is 84.5 Å². The maximum Gasteiger partial charge on any atom is 0.229 e. The number of aromatic nitrogens is 2. The van der Waals surface area contributed by atoms with Gasteiger partial charge < -0.3 is 25.2 Å². The van der Waals surface area contributed by atoms with Crippen LogP contribution in [0.4, 0.5) is 17.1 Å². The molecule has 37 heavy (non-hydrogen) atoms. The summed E-state index contributed by atoms with van der Waals surface area (Å²) < 4.78 is 0. The van der Waals surface area contributed by atoms with Gasteiger partial charge in [0.05, 0.1) is 17.1 Å². The lowest BCUT2D eigenvalue weighted by atomic mass is 9.95. The number of imidazole rings is 1. The van der Waals surface area contributed by atoms with Crippen LogP contribution in [0.15, 0.2) is 66.7 Å². The van der Waals surface area contributed by atoms with E-state index in [1.807, 2.05) is 49.0 Å². The Balaban J connectivity index is 1.81. The van der Waals surface area contributed by atoms with Gasteiger partial charge >= 0.3 is 0 Å².